The molecule has 3 heteroatoms. The smallest absolute Gasteiger partial charge is 0.0992 e. The van der Waals surface area contributed by atoms with E-state index in [0.717, 1.165) is 30.9 Å². The van der Waals surface area contributed by atoms with Crippen LogP contribution in [0.15, 0.2) is 24.3 Å². The Kier molecular flexibility index (Phi) is 3.58. The van der Waals surface area contributed by atoms with E-state index < -0.39 is 0 Å². The summed E-state index contributed by atoms with van der Waals surface area (Å²) in [6.07, 6.45) is 0. The quantitative estimate of drug-likeness (QED) is 0.823. The molecule has 0 aromatic heterocycles. The second kappa shape index (κ2) is 4.99. The van der Waals surface area contributed by atoms with Gasteiger partial charge in [-0.15, -0.1) is 0 Å². The molecule has 1 heterocycles. The Morgan fingerprint density at radius 1 is 1.44 bits per heavy atom. The topological polar surface area (TPSA) is 39.1 Å². The highest BCUT2D eigenvalue weighted by atomic mass is 15.2. The van der Waals surface area contributed by atoms with Gasteiger partial charge < -0.3 is 10.2 Å². The fraction of sp³-hybridized carbons (Fsp3) is 0.533. The summed E-state index contributed by atoms with van der Waals surface area (Å²) in [5.74, 6) is 0.609. The first kappa shape index (κ1) is 12.9. The Hall–Kier alpha value is -1.53. The van der Waals surface area contributed by atoms with Gasteiger partial charge in [-0.1, -0.05) is 13.0 Å². The van der Waals surface area contributed by atoms with Gasteiger partial charge >= 0.3 is 0 Å². The number of nitrogens with zero attached hydrogens (tertiary/aromatic N) is 2. The predicted octanol–water partition coefficient (Wildman–Crippen LogP) is 2.38. The molecule has 1 aromatic rings. The number of anilines is 1. The number of hydrogen-bond acceptors (Lipinski definition) is 3. The molecule has 0 spiro atoms. The fourth-order valence-electron chi connectivity index (χ4n) is 2.46. The van der Waals surface area contributed by atoms with Gasteiger partial charge in [-0.05, 0) is 44.5 Å². The maximum atomic E-state index is 8.99. The maximum absolute atomic E-state index is 8.99. The molecule has 96 valence electrons. The van der Waals surface area contributed by atoms with Crippen LogP contribution >= 0.6 is 0 Å². The highest BCUT2D eigenvalue weighted by Crippen LogP contribution is 2.22. The molecular formula is C15H21N3. The van der Waals surface area contributed by atoms with Crippen molar-refractivity contribution in [2.45, 2.75) is 26.3 Å². The number of benzene rings is 1. The molecule has 1 atom stereocenters. The minimum Gasteiger partial charge on any atom is -0.369 e. The summed E-state index contributed by atoms with van der Waals surface area (Å²) in [5, 5.41) is 12.6. The highest BCUT2D eigenvalue weighted by Gasteiger charge is 2.26. The number of hydrogen-bond donors (Lipinski definition) is 1. The van der Waals surface area contributed by atoms with Crippen molar-refractivity contribution < 1.29 is 0 Å². The van der Waals surface area contributed by atoms with E-state index in [1.165, 1.54) is 0 Å². The molecule has 1 aliphatic rings. The van der Waals surface area contributed by atoms with Crippen LogP contribution in [0.25, 0.3) is 0 Å². The zero-order valence-electron chi connectivity index (χ0n) is 11.4. The molecule has 0 bridgehead atoms. The van der Waals surface area contributed by atoms with Crippen LogP contribution in [0, 0.1) is 17.2 Å². The first-order valence-electron chi connectivity index (χ1n) is 6.50. The van der Waals surface area contributed by atoms with Crippen LogP contribution in [0.4, 0.5) is 5.69 Å². The minimum atomic E-state index is 0.105. The molecule has 1 unspecified atom stereocenters. The van der Waals surface area contributed by atoms with Crippen molar-refractivity contribution in [2.75, 3.05) is 24.5 Å². The fourth-order valence-corrected chi connectivity index (χ4v) is 2.46. The summed E-state index contributed by atoms with van der Waals surface area (Å²) >= 11 is 0. The molecule has 2 rings (SSSR count). The number of nitrogens with one attached hydrogen (secondary N) is 1. The lowest BCUT2D eigenvalue weighted by molar-refractivity contribution is 0.402. The van der Waals surface area contributed by atoms with Gasteiger partial charge in [0.1, 0.15) is 0 Å². The molecule has 18 heavy (non-hydrogen) atoms. The lowest BCUT2D eigenvalue weighted by Gasteiger charge is -2.31. The van der Waals surface area contributed by atoms with Gasteiger partial charge in [-0.25, -0.2) is 0 Å². The first-order valence-corrected chi connectivity index (χ1v) is 6.50. The van der Waals surface area contributed by atoms with Crippen LogP contribution < -0.4 is 10.2 Å². The second-order valence-corrected chi connectivity index (χ2v) is 5.91. The third kappa shape index (κ3) is 3.02. The van der Waals surface area contributed by atoms with Crippen molar-refractivity contribution in [1.29, 1.82) is 5.26 Å². The second-order valence-electron chi connectivity index (χ2n) is 5.91. The van der Waals surface area contributed by atoms with E-state index in [9.17, 15) is 0 Å². The molecule has 1 fully saturated rings. The largest absolute Gasteiger partial charge is 0.369 e. The Bertz CT molecular complexity index is 459. The zero-order valence-corrected chi connectivity index (χ0v) is 11.4. The number of nitriles is 1. The lowest BCUT2D eigenvalue weighted by Crippen LogP contribution is -2.46. The molecule has 0 aliphatic carbocycles. The predicted molar refractivity (Wildman–Crippen MR) is 74.6 cm³/mol. The van der Waals surface area contributed by atoms with Crippen LogP contribution in [0.3, 0.4) is 0 Å². The van der Waals surface area contributed by atoms with Gasteiger partial charge in [0.2, 0.25) is 0 Å². The zero-order chi connectivity index (χ0) is 13.2. The summed E-state index contributed by atoms with van der Waals surface area (Å²) in [7, 11) is 0. The van der Waals surface area contributed by atoms with Crippen molar-refractivity contribution in [3.63, 3.8) is 0 Å². The van der Waals surface area contributed by atoms with Crippen LogP contribution in [0.5, 0.6) is 0 Å². The van der Waals surface area contributed by atoms with Crippen molar-refractivity contribution in [3.05, 3.63) is 29.8 Å². The van der Waals surface area contributed by atoms with Crippen molar-refractivity contribution in [3.8, 4) is 6.07 Å². The van der Waals surface area contributed by atoms with Crippen molar-refractivity contribution >= 4 is 5.69 Å². The van der Waals surface area contributed by atoms with Gasteiger partial charge in [0.15, 0.2) is 0 Å². The molecule has 3 nitrogen and oxygen atoms in total. The van der Waals surface area contributed by atoms with Gasteiger partial charge in [0.05, 0.1) is 11.6 Å². The highest BCUT2D eigenvalue weighted by molar-refractivity contribution is 5.52. The third-order valence-corrected chi connectivity index (χ3v) is 3.39. The standard InChI is InChI=1S/C15H21N3/c1-12-9-17-15(2,3)11-18(10-12)14-6-4-5-13(7-14)8-16/h4-7,12,17H,9-11H2,1-3H3. The van der Waals surface area contributed by atoms with E-state index in [1.54, 1.807) is 0 Å². The SMILES string of the molecule is CC1CNC(C)(C)CN(c2cccc(C#N)c2)C1. The van der Waals surface area contributed by atoms with Crippen LogP contribution in [0.2, 0.25) is 0 Å². The average Bonchev–Trinajstić information content (AvgIpc) is 2.48. The normalized spacial score (nSPS) is 23.2. The van der Waals surface area contributed by atoms with Gasteiger partial charge in [-0.2, -0.15) is 5.26 Å². The van der Waals surface area contributed by atoms with Crippen LogP contribution in [-0.2, 0) is 0 Å². The Morgan fingerprint density at radius 3 is 2.94 bits per heavy atom. The van der Waals surface area contributed by atoms with E-state index in [1.807, 2.05) is 18.2 Å². The molecule has 1 saturated heterocycles. The minimum absolute atomic E-state index is 0.105. The van der Waals surface area contributed by atoms with E-state index >= 15 is 0 Å². The molecular weight excluding hydrogens is 222 g/mol. The van der Waals surface area contributed by atoms with Crippen LogP contribution in [-0.4, -0.2) is 25.2 Å². The van der Waals surface area contributed by atoms with E-state index in [4.69, 9.17) is 5.26 Å². The van der Waals surface area contributed by atoms with Crippen molar-refractivity contribution in [2.24, 2.45) is 5.92 Å². The van der Waals surface area contributed by atoms with Gasteiger partial charge in [-0.3, -0.25) is 0 Å². The monoisotopic (exact) mass is 243 g/mol. The summed E-state index contributed by atoms with van der Waals surface area (Å²) in [4.78, 5) is 2.38. The molecule has 0 amide bonds. The molecule has 0 radical (unpaired) electrons. The molecule has 1 aromatic carbocycles. The van der Waals surface area contributed by atoms with Crippen LogP contribution in [0.1, 0.15) is 26.3 Å². The molecule has 1 aliphatic heterocycles. The lowest BCUT2D eigenvalue weighted by atomic mass is 10.1. The average molecular weight is 243 g/mol. The maximum Gasteiger partial charge on any atom is 0.0992 e. The Balaban J connectivity index is 2.27. The van der Waals surface area contributed by atoms with E-state index in [2.05, 4.69) is 43.1 Å². The van der Waals surface area contributed by atoms with Gasteiger partial charge in [0, 0.05) is 24.3 Å². The molecule has 1 N–H and O–H groups in total. The van der Waals surface area contributed by atoms with Gasteiger partial charge in [0.25, 0.3) is 0 Å². The summed E-state index contributed by atoms with van der Waals surface area (Å²) in [6.45, 7) is 9.76. The third-order valence-electron chi connectivity index (χ3n) is 3.39. The van der Waals surface area contributed by atoms with E-state index in [0.29, 0.717) is 5.92 Å². The van der Waals surface area contributed by atoms with E-state index in [-0.39, 0.29) is 5.54 Å². The summed E-state index contributed by atoms with van der Waals surface area (Å²) < 4.78 is 0. The molecule has 0 saturated carbocycles. The Morgan fingerprint density at radius 2 is 2.22 bits per heavy atom. The van der Waals surface area contributed by atoms with Crippen molar-refractivity contribution in [1.82, 2.24) is 5.32 Å². The summed E-state index contributed by atoms with van der Waals surface area (Å²) in [5.41, 5.74) is 1.99. The Labute approximate surface area is 109 Å². The summed E-state index contributed by atoms with van der Waals surface area (Å²) in [6, 6.07) is 10.1. The first-order chi connectivity index (χ1) is 8.50. The number of rotatable bonds is 1.